The minimum Gasteiger partial charge on any atom is -0.384 e. The van der Waals surface area contributed by atoms with Crippen LogP contribution in [0, 0.1) is 6.92 Å². The van der Waals surface area contributed by atoms with Gasteiger partial charge in [-0.05, 0) is 37.3 Å². The van der Waals surface area contributed by atoms with Crippen LogP contribution in [-0.4, -0.2) is 12.5 Å². The van der Waals surface area contributed by atoms with Gasteiger partial charge in [0.15, 0.2) is 0 Å². The van der Waals surface area contributed by atoms with Gasteiger partial charge in [-0.3, -0.25) is 4.79 Å². The molecule has 5 heteroatoms. The number of hydrogen-bond donors (Lipinski definition) is 2. The molecule has 0 spiro atoms. The molecule has 0 unspecified atom stereocenters. The van der Waals surface area contributed by atoms with E-state index >= 15 is 0 Å². The van der Waals surface area contributed by atoms with Crippen LogP contribution < -0.4 is 10.6 Å². The van der Waals surface area contributed by atoms with Crippen LogP contribution in [0.2, 0.25) is 10.0 Å². The maximum Gasteiger partial charge on any atom is 0.226 e. The zero-order valence-corrected chi connectivity index (χ0v) is 13.1. The highest BCUT2D eigenvalue weighted by Crippen LogP contribution is 2.22. The van der Waals surface area contributed by atoms with Gasteiger partial charge in [-0.25, -0.2) is 0 Å². The lowest BCUT2D eigenvalue weighted by Gasteiger charge is -2.08. The molecular weight excluding hydrogens is 307 g/mol. The molecule has 0 radical (unpaired) electrons. The number of hydrogen-bond acceptors (Lipinski definition) is 2. The largest absolute Gasteiger partial charge is 0.384 e. The summed E-state index contributed by atoms with van der Waals surface area (Å²) in [5.41, 5.74) is 2.76. The van der Waals surface area contributed by atoms with Crippen LogP contribution in [-0.2, 0) is 4.79 Å². The second-order valence-corrected chi connectivity index (χ2v) is 5.62. The Morgan fingerprint density at radius 1 is 1.00 bits per heavy atom. The molecule has 2 aromatic rings. The van der Waals surface area contributed by atoms with E-state index in [0.29, 0.717) is 23.0 Å². The number of nitrogens with one attached hydrogen (secondary N) is 2. The quantitative estimate of drug-likeness (QED) is 0.834. The van der Waals surface area contributed by atoms with Gasteiger partial charge in [-0.1, -0.05) is 40.9 Å². The van der Waals surface area contributed by atoms with Gasteiger partial charge in [0, 0.05) is 34.4 Å². The molecule has 0 atom stereocenters. The fraction of sp³-hybridized carbons (Fsp3) is 0.188. The Labute approximate surface area is 134 Å². The number of anilines is 2. The second kappa shape index (κ2) is 7.34. The molecular formula is C16H16Cl2N2O. The van der Waals surface area contributed by atoms with E-state index in [9.17, 15) is 4.79 Å². The van der Waals surface area contributed by atoms with Gasteiger partial charge < -0.3 is 10.6 Å². The molecule has 2 aromatic carbocycles. The predicted octanol–water partition coefficient (Wildman–Crippen LogP) is 4.74. The molecule has 3 nitrogen and oxygen atoms in total. The fourth-order valence-corrected chi connectivity index (χ4v) is 2.36. The lowest BCUT2D eigenvalue weighted by Crippen LogP contribution is -2.16. The van der Waals surface area contributed by atoms with Gasteiger partial charge in [0.2, 0.25) is 5.91 Å². The zero-order valence-electron chi connectivity index (χ0n) is 11.6. The number of halogens is 2. The van der Waals surface area contributed by atoms with Crippen LogP contribution in [0.15, 0.2) is 42.5 Å². The van der Waals surface area contributed by atoms with Crippen LogP contribution >= 0.6 is 23.2 Å². The van der Waals surface area contributed by atoms with Gasteiger partial charge in [0.25, 0.3) is 0 Å². The van der Waals surface area contributed by atoms with Crippen molar-refractivity contribution >= 4 is 40.5 Å². The molecule has 0 aliphatic heterocycles. The summed E-state index contributed by atoms with van der Waals surface area (Å²) in [6.07, 6.45) is 0.359. The summed E-state index contributed by atoms with van der Waals surface area (Å²) in [5, 5.41) is 7.10. The van der Waals surface area contributed by atoms with Crippen molar-refractivity contribution in [3.8, 4) is 0 Å². The van der Waals surface area contributed by atoms with Crippen molar-refractivity contribution in [2.45, 2.75) is 13.3 Å². The number of benzene rings is 2. The molecule has 1 amide bonds. The Kier molecular flexibility index (Phi) is 5.48. The minimum absolute atomic E-state index is 0.0421. The summed E-state index contributed by atoms with van der Waals surface area (Å²) < 4.78 is 0. The van der Waals surface area contributed by atoms with Crippen LogP contribution in [0.5, 0.6) is 0 Å². The summed E-state index contributed by atoms with van der Waals surface area (Å²) >= 11 is 11.8. The monoisotopic (exact) mass is 322 g/mol. The Morgan fingerprint density at radius 2 is 1.62 bits per heavy atom. The number of carbonyl (C=O) groups is 1. The van der Waals surface area contributed by atoms with Crippen LogP contribution in [0.4, 0.5) is 11.4 Å². The number of carbonyl (C=O) groups excluding carboxylic acids is 1. The Morgan fingerprint density at radius 3 is 2.24 bits per heavy atom. The van der Waals surface area contributed by atoms with Crippen molar-refractivity contribution in [1.29, 1.82) is 0 Å². The first kappa shape index (κ1) is 15.7. The number of amides is 1. The average molecular weight is 323 g/mol. The first-order valence-electron chi connectivity index (χ1n) is 6.59. The van der Waals surface area contributed by atoms with E-state index in [1.54, 1.807) is 18.2 Å². The molecule has 21 heavy (non-hydrogen) atoms. The third kappa shape index (κ3) is 5.29. The highest BCUT2D eigenvalue weighted by atomic mass is 35.5. The van der Waals surface area contributed by atoms with E-state index in [4.69, 9.17) is 23.2 Å². The summed E-state index contributed by atoms with van der Waals surface area (Å²) in [4.78, 5) is 11.8. The van der Waals surface area contributed by atoms with Crippen molar-refractivity contribution in [2.24, 2.45) is 0 Å². The topological polar surface area (TPSA) is 41.1 Å². The second-order valence-electron chi connectivity index (χ2n) is 4.75. The van der Waals surface area contributed by atoms with E-state index < -0.39 is 0 Å². The van der Waals surface area contributed by atoms with Gasteiger partial charge >= 0.3 is 0 Å². The fourth-order valence-electron chi connectivity index (χ4n) is 1.84. The molecule has 2 N–H and O–H groups in total. The highest BCUT2D eigenvalue weighted by molar-refractivity contribution is 6.35. The van der Waals surface area contributed by atoms with Gasteiger partial charge in [0.05, 0.1) is 0 Å². The van der Waals surface area contributed by atoms with E-state index in [2.05, 4.69) is 10.6 Å². The van der Waals surface area contributed by atoms with Crippen molar-refractivity contribution in [3.05, 3.63) is 58.1 Å². The molecule has 2 rings (SSSR count). The molecule has 0 heterocycles. The van der Waals surface area contributed by atoms with E-state index in [1.165, 1.54) is 0 Å². The van der Waals surface area contributed by atoms with Crippen molar-refractivity contribution < 1.29 is 4.79 Å². The maximum absolute atomic E-state index is 11.8. The maximum atomic E-state index is 11.8. The lowest BCUT2D eigenvalue weighted by atomic mass is 10.2. The summed E-state index contributed by atoms with van der Waals surface area (Å²) in [7, 11) is 0. The Hall–Kier alpha value is -1.71. The smallest absolute Gasteiger partial charge is 0.226 e. The third-order valence-corrected chi connectivity index (χ3v) is 3.32. The predicted molar refractivity (Wildman–Crippen MR) is 89.4 cm³/mol. The Bertz CT molecular complexity index is 606. The van der Waals surface area contributed by atoms with Crippen molar-refractivity contribution in [1.82, 2.24) is 0 Å². The van der Waals surface area contributed by atoms with Crippen molar-refractivity contribution in [3.63, 3.8) is 0 Å². The molecule has 0 fully saturated rings. The van der Waals surface area contributed by atoms with Gasteiger partial charge in [-0.2, -0.15) is 0 Å². The van der Waals surface area contributed by atoms with Crippen LogP contribution in [0.1, 0.15) is 12.0 Å². The summed E-state index contributed by atoms with van der Waals surface area (Å²) in [5.74, 6) is -0.0421. The summed E-state index contributed by atoms with van der Waals surface area (Å²) in [6, 6.07) is 12.9. The number of aryl methyl sites for hydroxylation is 1. The van der Waals surface area contributed by atoms with Gasteiger partial charge in [0.1, 0.15) is 0 Å². The molecule has 0 saturated heterocycles. The first-order chi connectivity index (χ1) is 10.0. The van der Waals surface area contributed by atoms with E-state index in [-0.39, 0.29) is 5.91 Å². The van der Waals surface area contributed by atoms with E-state index in [1.807, 2.05) is 31.2 Å². The van der Waals surface area contributed by atoms with Crippen LogP contribution in [0.25, 0.3) is 0 Å². The molecule has 0 aromatic heterocycles. The minimum atomic E-state index is -0.0421. The van der Waals surface area contributed by atoms with E-state index in [0.717, 1.165) is 16.9 Å². The van der Waals surface area contributed by atoms with Gasteiger partial charge in [-0.15, -0.1) is 0 Å². The number of rotatable bonds is 5. The molecule has 0 aliphatic carbocycles. The summed E-state index contributed by atoms with van der Waals surface area (Å²) in [6.45, 7) is 2.51. The first-order valence-corrected chi connectivity index (χ1v) is 7.35. The molecule has 0 bridgehead atoms. The average Bonchev–Trinajstić information content (AvgIpc) is 2.40. The third-order valence-electron chi connectivity index (χ3n) is 2.88. The zero-order chi connectivity index (χ0) is 15.2. The van der Waals surface area contributed by atoms with Crippen LogP contribution in [0.3, 0.4) is 0 Å². The molecule has 0 aliphatic rings. The molecule has 110 valence electrons. The SMILES string of the molecule is Cc1ccc(NC(=O)CCNc2cc(Cl)cc(Cl)c2)cc1. The lowest BCUT2D eigenvalue weighted by molar-refractivity contribution is -0.115. The van der Waals surface area contributed by atoms with Crippen molar-refractivity contribution in [2.75, 3.05) is 17.2 Å². The standard InChI is InChI=1S/C16H16Cl2N2O/c1-11-2-4-14(5-3-11)20-16(21)6-7-19-15-9-12(17)8-13(18)10-15/h2-5,8-10,19H,6-7H2,1H3,(H,20,21). The Balaban J connectivity index is 1.80. The normalized spacial score (nSPS) is 10.2. The highest BCUT2D eigenvalue weighted by Gasteiger charge is 2.03. The molecule has 0 saturated carbocycles.